The van der Waals surface area contributed by atoms with Crippen LogP contribution in [0.2, 0.25) is 0 Å². The Hall–Kier alpha value is -1.88. The molecule has 0 spiro atoms. The predicted molar refractivity (Wildman–Crippen MR) is 81.0 cm³/mol. The quantitative estimate of drug-likeness (QED) is 0.885. The van der Waals surface area contributed by atoms with Crippen LogP contribution in [0.3, 0.4) is 0 Å². The van der Waals surface area contributed by atoms with Gasteiger partial charge in [0.15, 0.2) is 0 Å². The zero-order valence-electron chi connectivity index (χ0n) is 12.3. The predicted octanol–water partition coefficient (Wildman–Crippen LogP) is 2.18. The summed E-state index contributed by atoms with van der Waals surface area (Å²) >= 11 is 0. The van der Waals surface area contributed by atoms with E-state index in [0.717, 1.165) is 36.3 Å². The van der Waals surface area contributed by atoms with Gasteiger partial charge in [-0.3, -0.25) is 4.79 Å². The minimum Gasteiger partial charge on any atom is -0.376 e. The molecule has 1 aromatic carbocycles. The van der Waals surface area contributed by atoms with E-state index in [-0.39, 0.29) is 18.1 Å². The van der Waals surface area contributed by atoms with Gasteiger partial charge in [0.05, 0.1) is 23.2 Å². The SMILES string of the molecule is C[C@H](NC(=O)CCc1nc2ccccc2[nH]1)[C@H]1CCCO1. The monoisotopic (exact) mass is 287 g/mol. The molecule has 2 atom stereocenters. The molecule has 1 amide bonds. The molecule has 1 saturated heterocycles. The maximum atomic E-state index is 12.0. The highest BCUT2D eigenvalue weighted by molar-refractivity contribution is 5.77. The summed E-state index contributed by atoms with van der Waals surface area (Å²) in [6.07, 6.45) is 3.35. The summed E-state index contributed by atoms with van der Waals surface area (Å²) in [5, 5.41) is 3.02. The number of aryl methyl sites for hydroxylation is 1. The number of aromatic amines is 1. The number of fused-ring (bicyclic) bond motifs is 1. The van der Waals surface area contributed by atoms with Gasteiger partial charge in [0.1, 0.15) is 5.82 Å². The fourth-order valence-electron chi connectivity index (χ4n) is 2.77. The Morgan fingerprint density at radius 2 is 2.38 bits per heavy atom. The number of aromatic nitrogens is 2. The number of hydrogen-bond acceptors (Lipinski definition) is 3. The Bertz CT molecular complexity index is 584. The van der Waals surface area contributed by atoms with Gasteiger partial charge in [-0.15, -0.1) is 0 Å². The average molecular weight is 287 g/mol. The largest absolute Gasteiger partial charge is 0.376 e. The van der Waals surface area contributed by atoms with Crippen molar-refractivity contribution < 1.29 is 9.53 Å². The molecule has 0 aliphatic carbocycles. The Morgan fingerprint density at radius 3 is 3.14 bits per heavy atom. The smallest absolute Gasteiger partial charge is 0.220 e. The van der Waals surface area contributed by atoms with Crippen LogP contribution in [-0.4, -0.2) is 34.6 Å². The molecule has 5 heteroatoms. The number of imidazole rings is 1. The molecule has 5 nitrogen and oxygen atoms in total. The number of rotatable bonds is 5. The van der Waals surface area contributed by atoms with Crippen molar-refractivity contribution in [2.75, 3.05) is 6.61 Å². The standard InChI is InChI=1S/C16H21N3O2/c1-11(14-7-4-10-21-14)17-16(20)9-8-15-18-12-5-2-3-6-13(12)19-15/h2-3,5-6,11,14H,4,7-10H2,1H3,(H,17,20)(H,18,19)/t11-,14+/m0/s1. The van der Waals surface area contributed by atoms with Crippen LogP contribution in [0.25, 0.3) is 11.0 Å². The van der Waals surface area contributed by atoms with Crippen LogP contribution in [0.15, 0.2) is 24.3 Å². The third-order valence-corrected chi connectivity index (χ3v) is 3.94. The van der Waals surface area contributed by atoms with Crippen LogP contribution in [0.4, 0.5) is 0 Å². The van der Waals surface area contributed by atoms with Crippen LogP contribution in [0.1, 0.15) is 32.0 Å². The molecule has 1 aliphatic heterocycles. The van der Waals surface area contributed by atoms with E-state index in [1.807, 2.05) is 31.2 Å². The molecule has 21 heavy (non-hydrogen) atoms. The van der Waals surface area contributed by atoms with Gasteiger partial charge in [-0.1, -0.05) is 12.1 Å². The number of hydrogen-bond donors (Lipinski definition) is 2. The topological polar surface area (TPSA) is 67.0 Å². The summed E-state index contributed by atoms with van der Waals surface area (Å²) in [7, 11) is 0. The Morgan fingerprint density at radius 1 is 1.52 bits per heavy atom. The maximum Gasteiger partial charge on any atom is 0.220 e. The van der Waals surface area contributed by atoms with Gasteiger partial charge in [-0.2, -0.15) is 0 Å². The minimum absolute atomic E-state index is 0.0541. The van der Waals surface area contributed by atoms with Gasteiger partial charge >= 0.3 is 0 Å². The molecule has 0 saturated carbocycles. The van der Waals surface area contributed by atoms with Crippen molar-refractivity contribution in [2.45, 2.75) is 44.8 Å². The maximum absolute atomic E-state index is 12.0. The van der Waals surface area contributed by atoms with E-state index in [4.69, 9.17) is 4.74 Å². The molecule has 2 heterocycles. The average Bonchev–Trinajstić information content (AvgIpc) is 3.14. The summed E-state index contributed by atoms with van der Waals surface area (Å²) in [5.41, 5.74) is 1.96. The molecule has 0 radical (unpaired) electrons. The van der Waals surface area contributed by atoms with Crippen molar-refractivity contribution >= 4 is 16.9 Å². The summed E-state index contributed by atoms with van der Waals surface area (Å²) in [6, 6.07) is 7.97. The lowest BCUT2D eigenvalue weighted by molar-refractivity contribution is -0.122. The van der Waals surface area contributed by atoms with E-state index in [2.05, 4.69) is 15.3 Å². The van der Waals surface area contributed by atoms with Gasteiger partial charge in [0, 0.05) is 19.4 Å². The Balaban J connectivity index is 1.50. The highest BCUT2D eigenvalue weighted by Gasteiger charge is 2.23. The zero-order valence-corrected chi connectivity index (χ0v) is 12.3. The third-order valence-electron chi connectivity index (χ3n) is 3.94. The molecule has 2 aromatic rings. The van der Waals surface area contributed by atoms with Crippen molar-refractivity contribution in [3.05, 3.63) is 30.1 Å². The Labute approximate surface area is 124 Å². The lowest BCUT2D eigenvalue weighted by Crippen LogP contribution is -2.40. The number of benzene rings is 1. The molecule has 3 rings (SSSR count). The molecule has 1 fully saturated rings. The van der Waals surface area contributed by atoms with E-state index >= 15 is 0 Å². The molecular formula is C16H21N3O2. The van der Waals surface area contributed by atoms with Crippen molar-refractivity contribution in [3.8, 4) is 0 Å². The summed E-state index contributed by atoms with van der Waals surface area (Å²) in [4.78, 5) is 19.7. The van der Waals surface area contributed by atoms with Crippen LogP contribution >= 0.6 is 0 Å². The molecule has 112 valence electrons. The number of ether oxygens (including phenoxy) is 1. The molecule has 2 N–H and O–H groups in total. The zero-order chi connectivity index (χ0) is 14.7. The molecule has 1 aromatic heterocycles. The van der Waals surface area contributed by atoms with Gasteiger partial charge in [-0.05, 0) is 31.9 Å². The number of carbonyl (C=O) groups excluding carboxylic acids is 1. The van der Waals surface area contributed by atoms with E-state index in [1.165, 1.54) is 0 Å². The summed E-state index contributed by atoms with van der Waals surface area (Å²) in [5.74, 6) is 0.912. The van der Waals surface area contributed by atoms with Gasteiger partial charge in [0.25, 0.3) is 0 Å². The van der Waals surface area contributed by atoms with Crippen molar-refractivity contribution in [1.82, 2.24) is 15.3 Å². The highest BCUT2D eigenvalue weighted by atomic mass is 16.5. The number of carbonyl (C=O) groups is 1. The van der Waals surface area contributed by atoms with Crippen molar-refractivity contribution in [3.63, 3.8) is 0 Å². The van der Waals surface area contributed by atoms with Crippen LogP contribution in [-0.2, 0) is 16.0 Å². The molecule has 0 bridgehead atoms. The number of amides is 1. The fourth-order valence-corrected chi connectivity index (χ4v) is 2.77. The second-order valence-electron chi connectivity index (χ2n) is 5.61. The molecule has 0 unspecified atom stereocenters. The first-order chi connectivity index (χ1) is 10.2. The number of nitrogens with one attached hydrogen (secondary N) is 2. The first-order valence-electron chi connectivity index (χ1n) is 7.57. The number of para-hydroxylation sites is 2. The first kappa shape index (κ1) is 14.1. The van der Waals surface area contributed by atoms with E-state index in [0.29, 0.717) is 12.8 Å². The van der Waals surface area contributed by atoms with Gasteiger partial charge in [0.2, 0.25) is 5.91 Å². The fraction of sp³-hybridized carbons (Fsp3) is 0.500. The Kier molecular flexibility index (Phi) is 4.20. The summed E-state index contributed by atoms with van der Waals surface area (Å²) < 4.78 is 5.59. The number of nitrogens with zero attached hydrogens (tertiary/aromatic N) is 1. The highest BCUT2D eigenvalue weighted by Crippen LogP contribution is 2.15. The third kappa shape index (κ3) is 3.42. The van der Waals surface area contributed by atoms with Crippen LogP contribution < -0.4 is 5.32 Å². The second-order valence-corrected chi connectivity index (χ2v) is 5.61. The number of H-pyrrole nitrogens is 1. The van der Waals surface area contributed by atoms with Crippen molar-refractivity contribution in [1.29, 1.82) is 0 Å². The lowest BCUT2D eigenvalue weighted by Gasteiger charge is -2.19. The van der Waals surface area contributed by atoms with E-state index in [9.17, 15) is 4.79 Å². The lowest BCUT2D eigenvalue weighted by atomic mass is 10.1. The van der Waals surface area contributed by atoms with Crippen LogP contribution in [0, 0.1) is 0 Å². The van der Waals surface area contributed by atoms with E-state index in [1.54, 1.807) is 0 Å². The van der Waals surface area contributed by atoms with Crippen LogP contribution in [0.5, 0.6) is 0 Å². The minimum atomic E-state index is 0.0541. The van der Waals surface area contributed by atoms with E-state index < -0.39 is 0 Å². The summed E-state index contributed by atoms with van der Waals surface area (Å²) in [6.45, 7) is 2.82. The second kappa shape index (κ2) is 6.26. The van der Waals surface area contributed by atoms with Gasteiger partial charge in [-0.25, -0.2) is 4.98 Å². The molecule has 1 aliphatic rings. The van der Waals surface area contributed by atoms with Gasteiger partial charge < -0.3 is 15.0 Å². The van der Waals surface area contributed by atoms with Crippen molar-refractivity contribution in [2.24, 2.45) is 0 Å². The molecular weight excluding hydrogens is 266 g/mol. The normalized spacial score (nSPS) is 19.8. The first-order valence-corrected chi connectivity index (χ1v) is 7.57.